The Balaban J connectivity index is 3.05. The highest BCUT2D eigenvalue weighted by atomic mass is 32.2. The third kappa shape index (κ3) is 4.63. The van der Waals surface area contributed by atoms with Gasteiger partial charge in [0.2, 0.25) is 10.0 Å². The summed E-state index contributed by atoms with van der Waals surface area (Å²) in [6, 6.07) is 3.35. The summed E-state index contributed by atoms with van der Waals surface area (Å²) in [4.78, 5) is 9.78. The number of benzene rings is 1. The lowest BCUT2D eigenvalue weighted by molar-refractivity contribution is -0.385. The molecule has 1 aromatic rings. The highest BCUT2D eigenvalue weighted by molar-refractivity contribution is 7.89. The van der Waals surface area contributed by atoms with Gasteiger partial charge in [-0.15, -0.1) is 0 Å². The van der Waals surface area contributed by atoms with Crippen molar-refractivity contribution in [2.45, 2.75) is 24.8 Å². The predicted molar refractivity (Wildman–Crippen MR) is 77.2 cm³/mol. The Labute approximate surface area is 122 Å². The fourth-order valence-corrected chi connectivity index (χ4v) is 2.92. The molecule has 0 aliphatic carbocycles. The second-order valence-electron chi connectivity index (χ2n) is 4.20. The van der Waals surface area contributed by atoms with E-state index in [0.29, 0.717) is 6.61 Å². The lowest BCUT2D eigenvalue weighted by atomic mass is 10.3. The number of nitrogen functional groups attached to an aromatic ring is 1. The van der Waals surface area contributed by atoms with Gasteiger partial charge < -0.3 is 10.2 Å². The quantitative estimate of drug-likeness (QED) is 0.362. The van der Waals surface area contributed by atoms with E-state index in [0.717, 1.165) is 12.1 Å². The monoisotopic (exact) mass is 318 g/mol. The van der Waals surface area contributed by atoms with Crippen LogP contribution in [0.1, 0.15) is 13.8 Å². The van der Waals surface area contributed by atoms with Crippen LogP contribution in [0.15, 0.2) is 23.1 Å². The van der Waals surface area contributed by atoms with E-state index < -0.39 is 14.9 Å². The lowest BCUT2D eigenvalue weighted by Gasteiger charge is -2.14. The summed E-state index contributed by atoms with van der Waals surface area (Å²) >= 11 is 0. The number of nitro groups is 1. The van der Waals surface area contributed by atoms with Gasteiger partial charge in [0.15, 0.2) is 0 Å². The van der Waals surface area contributed by atoms with Crippen LogP contribution in [0, 0.1) is 10.1 Å². The van der Waals surface area contributed by atoms with Gasteiger partial charge in [-0.2, -0.15) is 0 Å². The fourth-order valence-electron chi connectivity index (χ4n) is 1.61. The minimum atomic E-state index is -3.95. The number of ether oxygens (including phenoxy) is 1. The van der Waals surface area contributed by atoms with Crippen molar-refractivity contribution in [2.75, 3.05) is 18.6 Å². The number of non-ortho nitro benzene ring substituents is 1. The van der Waals surface area contributed by atoms with Gasteiger partial charge in [-0.3, -0.25) is 16.0 Å². The van der Waals surface area contributed by atoms with Gasteiger partial charge in [-0.25, -0.2) is 13.1 Å². The fraction of sp³-hybridized carbons (Fsp3) is 0.455. The number of hydrogen-bond acceptors (Lipinski definition) is 7. The van der Waals surface area contributed by atoms with Crippen LogP contribution in [-0.4, -0.2) is 32.6 Å². The van der Waals surface area contributed by atoms with Gasteiger partial charge in [-0.05, 0) is 19.9 Å². The number of hydrazine groups is 1. The molecule has 0 saturated carbocycles. The third-order valence-electron chi connectivity index (χ3n) is 2.63. The molecule has 4 N–H and O–H groups in total. The van der Waals surface area contributed by atoms with Crippen LogP contribution in [-0.2, 0) is 14.8 Å². The first kappa shape index (κ1) is 17.3. The number of nitrogens with zero attached hydrogens (tertiary/aromatic N) is 1. The summed E-state index contributed by atoms with van der Waals surface area (Å²) in [5, 5.41) is 10.7. The third-order valence-corrected chi connectivity index (χ3v) is 4.10. The number of rotatable bonds is 8. The van der Waals surface area contributed by atoms with Crippen molar-refractivity contribution in [1.82, 2.24) is 4.72 Å². The second kappa shape index (κ2) is 7.31. The molecule has 10 heteroatoms. The van der Waals surface area contributed by atoms with Crippen LogP contribution in [0.25, 0.3) is 0 Å². The lowest BCUT2D eigenvalue weighted by Crippen LogP contribution is -2.32. The molecule has 0 bridgehead atoms. The SMILES string of the molecule is CCOC(C)CNS(=O)(=O)c1cc([N+](=O)[O-])ccc1NN. The van der Waals surface area contributed by atoms with Crippen molar-refractivity contribution >= 4 is 21.4 Å². The van der Waals surface area contributed by atoms with Crippen LogP contribution in [0.2, 0.25) is 0 Å². The molecule has 1 aromatic carbocycles. The number of nitro benzene ring substituents is 1. The summed E-state index contributed by atoms with van der Waals surface area (Å²) < 4.78 is 32.0. The van der Waals surface area contributed by atoms with E-state index in [9.17, 15) is 18.5 Å². The van der Waals surface area contributed by atoms with Crippen molar-refractivity contribution in [3.8, 4) is 0 Å². The van der Waals surface area contributed by atoms with Gasteiger partial charge in [0.05, 0.1) is 16.7 Å². The summed E-state index contributed by atoms with van der Waals surface area (Å²) in [6.45, 7) is 4.00. The molecule has 1 rings (SSSR count). The maximum Gasteiger partial charge on any atom is 0.270 e. The highest BCUT2D eigenvalue weighted by Crippen LogP contribution is 2.25. The molecule has 0 amide bonds. The van der Waals surface area contributed by atoms with Crippen molar-refractivity contribution in [3.63, 3.8) is 0 Å². The first-order chi connectivity index (χ1) is 9.81. The summed E-state index contributed by atoms with van der Waals surface area (Å²) in [5.74, 6) is 5.24. The molecule has 0 aliphatic rings. The minimum absolute atomic E-state index is 0.0445. The minimum Gasteiger partial charge on any atom is -0.377 e. The van der Waals surface area contributed by atoms with E-state index in [4.69, 9.17) is 10.6 Å². The van der Waals surface area contributed by atoms with Crippen molar-refractivity contribution in [1.29, 1.82) is 0 Å². The Kier molecular flexibility index (Phi) is 6.03. The Morgan fingerprint density at radius 3 is 2.67 bits per heavy atom. The molecular formula is C11H18N4O5S. The topological polar surface area (TPSA) is 137 Å². The van der Waals surface area contributed by atoms with Crippen LogP contribution >= 0.6 is 0 Å². The van der Waals surface area contributed by atoms with Crippen molar-refractivity contribution in [2.24, 2.45) is 5.84 Å². The van der Waals surface area contributed by atoms with Gasteiger partial charge >= 0.3 is 0 Å². The Bertz CT molecular complexity index is 605. The molecule has 0 spiro atoms. The van der Waals surface area contributed by atoms with Gasteiger partial charge in [0, 0.05) is 25.3 Å². The molecule has 118 valence electrons. The zero-order valence-electron chi connectivity index (χ0n) is 11.7. The van der Waals surface area contributed by atoms with Gasteiger partial charge in [-0.1, -0.05) is 0 Å². The highest BCUT2D eigenvalue weighted by Gasteiger charge is 2.22. The number of nitrogens with one attached hydrogen (secondary N) is 2. The summed E-state index contributed by atoms with van der Waals surface area (Å²) in [5.41, 5.74) is 1.93. The van der Waals surface area contributed by atoms with E-state index >= 15 is 0 Å². The smallest absolute Gasteiger partial charge is 0.270 e. The molecule has 0 heterocycles. The Hall–Kier alpha value is -1.75. The average Bonchev–Trinajstić information content (AvgIpc) is 2.44. The zero-order chi connectivity index (χ0) is 16.0. The van der Waals surface area contributed by atoms with Crippen LogP contribution in [0.4, 0.5) is 11.4 Å². The molecule has 1 unspecified atom stereocenters. The molecule has 9 nitrogen and oxygen atoms in total. The van der Waals surface area contributed by atoms with E-state index in [1.54, 1.807) is 13.8 Å². The molecule has 0 fully saturated rings. The first-order valence-electron chi connectivity index (χ1n) is 6.18. The maximum atomic E-state index is 12.2. The maximum absolute atomic E-state index is 12.2. The number of sulfonamides is 1. The van der Waals surface area contributed by atoms with E-state index in [1.165, 1.54) is 6.07 Å². The molecule has 1 atom stereocenters. The van der Waals surface area contributed by atoms with Crippen molar-refractivity contribution < 1.29 is 18.1 Å². The first-order valence-corrected chi connectivity index (χ1v) is 7.66. The van der Waals surface area contributed by atoms with Gasteiger partial charge in [0.25, 0.3) is 5.69 Å². The summed E-state index contributed by atoms with van der Waals surface area (Å²) in [6.07, 6.45) is -0.322. The normalized spacial score (nSPS) is 12.9. The Morgan fingerprint density at radius 2 is 2.14 bits per heavy atom. The molecule has 0 aliphatic heterocycles. The van der Waals surface area contributed by atoms with Crippen molar-refractivity contribution in [3.05, 3.63) is 28.3 Å². The molecule has 0 aromatic heterocycles. The number of nitrogens with two attached hydrogens (primary N) is 1. The molecule has 0 radical (unpaired) electrons. The molecular weight excluding hydrogens is 300 g/mol. The largest absolute Gasteiger partial charge is 0.377 e. The Morgan fingerprint density at radius 1 is 1.48 bits per heavy atom. The molecule has 0 saturated heterocycles. The van der Waals surface area contributed by atoms with Crippen LogP contribution < -0.4 is 16.0 Å². The van der Waals surface area contributed by atoms with E-state index in [1.807, 2.05) is 0 Å². The zero-order valence-corrected chi connectivity index (χ0v) is 12.5. The summed E-state index contributed by atoms with van der Waals surface area (Å²) in [7, 11) is -3.95. The van der Waals surface area contributed by atoms with Crippen LogP contribution in [0.5, 0.6) is 0 Å². The van der Waals surface area contributed by atoms with Crippen LogP contribution in [0.3, 0.4) is 0 Å². The average molecular weight is 318 g/mol. The second-order valence-corrected chi connectivity index (χ2v) is 5.94. The predicted octanol–water partition coefficient (Wildman–Crippen LogP) is 0.584. The number of anilines is 1. The van der Waals surface area contributed by atoms with E-state index in [2.05, 4.69) is 10.1 Å². The van der Waals surface area contributed by atoms with Gasteiger partial charge in [0.1, 0.15) is 4.90 Å². The molecule has 21 heavy (non-hydrogen) atoms. The van der Waals surface area contributed by atoms with E-state index in [-0.39, 0.29) is 28.9 Å². The number of hydrogen-bond donors (Lipinski definition) is 3. The standard InChI is InChI=1S/C11H18N4O5S/c1-3-20-8(2)7-13-21(18,19)11-6-9(15(16)17)4-5-10(11)14-12/h4-6,8,13-14H,3,7,12H2,1-2H3.